The Bertz CT molecular complexity index is 1500. The summed E-state index contributed by atoms with van der Waals surface area (Å²) in [6.07, 6.45) is 1.23. The largest absolute Gasteiger partial charge is 0.477 e. The standard InChI is InChI=1S/C21H32ClN3O4.C10H12ClNO3/c1-13(2)25-14(3)17(22)11-16(19(25)27)18(26)23-12-15-7-9-24(10-8-15)20(28)29-21(4,5)6;1-5(2)12-6(3)8(11)4-7(9(12)13)10(14)15/h11,13,15H,7-10,12H2,1-6H3,(H,23,26);4-5H,1-3H3,(H,14,15). The normalized spacial score (nSPS) is 13.9. The van der Waals surface area contributed by atoms with Crippen molar-refractivity contribution in [3.8, 4) is 0 Å². The fourth-order valence-electron chi connectivity index (χ4n) is 4.92. The van der Waals surface area contributed by atoms with Gasteiger partial charge in [0, 0.05) is 43.1 Å². The molecule has 2 N–H and O–H groups in total. The molecule has 0 spiro atoms. The van der Waals surface area contributed by atoms with Gasteiger partial charge in [-0.25, -0.2) is 9.59 Å². The van der Waals surface area contributed by atoms with Gasteiger partial charge >= 0.3 is 12.1 Å². The van der Waals surface area contributed by atoms with E-state index >= 15 is 0 Å². The molecule has 3 heterocycles. The third-order valence-electron chi connectivity index (χ3n) is 7.18. The van der Waals surface area contributed by atoms with Gasteiger partial charge in [-0.15, -0.1) is 0 Å². The van der Waals surface area contributed by atoms with Crippen LogP contribution >= 0.6 is 23.2 Å². The van der Waals surface area contributed by atoms with Crippen LogP contribution in [0, 0.1) is 19.8 Å². The Balaban J connectivity index is 0.000000378. The number of hydrogen-bond donors (Lipinski definition) is 2. The van der Waals surface area contributed by atoms with Gasteiger partial charge in [0.2, 0.25) is 0 Å². The van der Waals surface area contributed by atoms with Crippen molar-refractivity contribution >= 4 is 41.2 Å². The molecule has 0 atom stereocenters. The summed E-state index contributed by atoms with van der Waals surface area (Å²) < 4.78 is 8.32. The van der Waals surface area contributed by atoms with Crippen LogP contribution in [0.1, 0.15) is 105 Å². The van der Waals surface area contributed by atoms with Crippen LogP contribution in [-0.2, 0) is 4.74 Å². The number of aromatic carboxylic acids is 1. The Morgan fingerprint density at radius 1 is 0.909 bits per heavy atom. The lowest BCUT2D eigenvalue weighted by Gasteiger charge is -2.33. The molecule has 0 saturated carbocycles. The molecule has 1 saturated heterocycles. The van der Waals surface area contributed by atoms with Crippen LogP contribution < -0.4 is 16.4 Å². The highest BCUT2D eigenvalue weighted by Gasteiger charge is 2.27. The molecule has 3 rings (SSSR count). The highest BCUT2D eigenvalue weighted by Crippen LogP contribution is 2.21. The lowest BCUT2D eigenvalue weighted by molar-refractivity contribution is 0.0183. The first-order valence-electron chi connectivity index (χ1n) is 14.6. The molecule has 0 aromatic carbocycles. The van der Waals surface area contributed by atoms with Crippen molar-refractivity contribution in [2.75, 3.05) is 19.6 Å². The number of amides is 2. The molecule has 0 aliphatic carbocycles. The van der Waals surface area contributed by atoms with E-state index < -0.39 is 23.0 Å². The molecule has 244 valence electrons. The van der Waals surface area contributed by atoms with Gasteiger partial charge in [0.25, 0.3) is 17.0 Å². The van der Waals surface area contributed by atoms with Crippen LogP contribution in [0.2, 0.25) is 10.0 Å². The smallest absolute Gasteiger partial charge is 0.410 e. The fourth-order valence-corrected chi connectivity index (χ4v) is 5.32. The minimum absolute atomic E-state index is 0.0560. The van der Waals surface area contributed by atoms with E-state index in [9.17, 15) is 24.0 Å². The van der Waals surface area contributed by atoms with E-state index in [1.807, 2.05) is 34.6 Å². The van der Waals surface area contributed by atoms with E-state index in [-0.39, 0.29) is 40.8 Å². The molecule has 1 aliphatic heterocycles. The van der Waals surface area contributed by atoms with Gasteiger partial charge in [-0.2, -0.15) is 0 Å². The summed E-state index contributed by atoms with van der Waals surface area (Å²) >= 11 is 12.1. The Morgan fingerprint density at radius 2 is 1.34 bits per heavy atom. The highest BCUT2D eigenvalue weighted by atomic mass is 35.5. The fraction of sp³-hybridized carbons (Fsp3) is 0.581. The van der Waals surface area contributed by atoms with E-state index in [1.54, 1.807) is 32.6 Å². The monoisotopic (exact) mass is 654 g/mol. The molecule has 13 heteroatoms. The second-order valence-electron chi connectivity index (χ2n) is 12.4. The number of nitrogens with zero attached hydrogens (tertiary/aromatic N) is 3. The summed E-state index contributed by atoms with van der Waals surface area (Å²) in [4.78, 5) is 61.7. The maximum atomic E-state index is 12.7. The summed E-state index contributed by atoms with van der Waals surface area (Å²) in [7, 11) is 0. The summed E-state index contributed by atoms with van der Waals surface area (Å²) in [5, 5.41) is 12.4. The molecule has 44 heavy (non-hydrogen) atoms. The number of pyridine rings is 2. The molecule has 1 fully saturated rings. The Morgan fingerprint density at radius 3 is 1.75 bits per heavy atom. The highest BCUT2D eigenvalue weighted by molar-refractivity contribution is 6.31. The summed E-state index contributed by atoms with van der Waals surface area (Å²) in [5.74, 6) is -1.43. The maximum Gasteiger partial charge on any atom is 0.410 e. The van der Waals surface area contributed by atoms with Crippen LogP contribution in [-0.4, -0.2) is 62.3 Å². The Hall–Kier alpha value is -3.31. The maximum absolute atomic E-state index is 12.7. The van der Waals surface area contributed by atoms with Gasteiger partial charge in [0.1, 0.15) is 16.7 Å². The first kappa shape index (κ1) is 36.9. The van der Waals surface area contributed by atoms with Gasteiger partial charge < -0.3 is 29.2 Å². The first-order valence-corrected chi connectivity index (χ1v) is 15.3. The van der Waals surface area contributed by atoms with Crippen LogP contribution in [0.3, 0.4) is 0 Å². The van der Waals surface area contributed by atoms with Gasteiger partial charge in [0.05, 0.1) is 10.0 Å². The number of nitrogens with one attached hydrogen (secondary N) is 1. The summed E-state index contributed by atoms with van der Waals surface area (Å²) in [5.41, 5.74) is -0.363. The lowest BCUT2D eigenvalue weighted by Crippen LogP contribution is -2.44. The Kier molecular flexibility index (Phi) is 12.7. The Labute approximate surface area is 268 Å². The number of carbonyl (C=O) groups excluding carboxylic acids is 2. The van der Waals surface area contributed by atoms with E-state index in [4.69, 9.17) is 33.0 Å². The van der Waals surface area contributed by atoms with Gasteiger partial charge in [-0.3, -0.25) is 14.4 Å². The van der Waals surface area contributed by atoms with Crippen LogP contribution in [0.15, 0.2) is 21.7 Å². The molecule has 2 aromatic heterocycles. The van der Waals surface area contributed by atoms with Crippen molar-refractivity contribution in [1.82, 2.24) is 19.4 Å². The topological polar surface area (TPSA) is 140 Å². The number of carboxylic acids is 1. The first-order chi connectivity index (χ1) is 20.3. The second kappa shape index (κ2) is 15.1. The molecule has 0 bridgehead atoms. The molecule has 0 unspecified atom stereocenters. The molecule has 2 aromatic rings. The minimum atomic E-state index is -1.25. The summed E-state index contributed by atoms with van der Waals surface area (Å²) in [6, 6.07) is 2.43. The zero-order valence-corrected chi connectivity index (χ0v) is 28.4. The zero-order valence-electron chi connectivity index (χ0n) is 26.9. The van der Waals surface area contributed by atoms with Crippen molar-refractivity contribution < 1.29 is 24.2 Å². The van der Waals surface area contributed by atoms with Crippen molar-refractivity contribution in [2.45, 2.75) is 92.8 Å². The molecular weight excluding hydrogens is 611 g/mol. The van der Waals surface area contributed by atoms with Crippen LogP contribution in [0.5, 0.6) is 0 Å². The number of rotatable bonds is 6. The van der Waals surface area contributed by atoms with Crippen molar-refractivity contribution in [3.63, 3.8) is 0 Å². The van der Waals surface area contributed by atoms with E-state index in [2.05, 4.69) is 5.32 Å². The van der Waals surface area contributed by atoms with E-state index in [1.165, 1.54) is 21.3 Å². The molecule has 0 radical (unpaired) electrons. The quantitative estimate of drug-likeness (QED) is 0.398. The van der Waals surface area contributed by atoms with Gasteiger partial charge in [0.15, 0.2) is 0 Å². The molecule has 2 amide bonds. The van der Waals surface area contributed by atoms with Crippen LogP contribution in [0.4, 0.5) is 4.79 Å². The summed E-state index contributed by atoms with van der Waals surface area (Å²) in [6.45, 7) is 18.0. The predicted octanol–water partition coefficient (Wildman–Crippen LogP) is 5.86. The lowest BCUT2D eigenvalue weighted by atomic mass is 9.97. The van der Waals surface area contributed by atoms with Crippen molar-refractivity contribution in [2.24, 2.45) is 5.92 Å². The van der Waals surface area contributed by atoms with Crippen LogP contribution in [0.25, 0.3) is 0 Å². The zero-order chi connectivity index (χ0) is 33.7. The van der Waals surface area contributed by atoms with Crippen molar-refractivity contribution in [1.29, 1.82) is 0 Å². The third-order valence-corrected chi connectivity index (χ3v) is 7.95. The molecule has 1 aliphatic rings. The molecule has 11 nitrogen and oxygen atoms in total. The predicted molar refractivity (Wildman–Crippen MR) is 171 cm³/mol. The number of halogens is 2. The molecular formula is C31H44Cl2N4O7. The number of ether oxygens (including phenoxy) is 1. The number of piperidine rings is 1. The number of carboxylic acid groups (broad SMARTS) is 1. The van der Waals surface area contributed by atoms with Gasteiger partial charge in [-0.05, 0) is 93.2 Å². The van der Waals surface area contributed by atoms with E-state index in [0.717, 1.165) is 12.8 Å². The van der Waals surface area contributed by atoms with Gasteiger partial charge in [-0.1, -0.05) is 23.2 Å². The SMILES string of the molecule is Cc1c(Cl)cc(C(=O)NCC2CCN(C(=O)OC(C)(C)C)CC2)c(=O)n1C(C)C.Cc1c(Cl)cc(C(=O)O)c(=O)n1C(C)C. The number of carbonyl (C=O) groups is 3. The average molecular weight is 656 g/mol. The average Bonchev–Trinajstić information content (AvgIpc) is 2.90. The number of hydrogen-bond acceptors (Lipinski definition) is 6. The van der Waals surface area contributed by atoms with Crippen molar-refractivity contribution in [3.05, 3.63) is 65.4 Å². The number of aromatic nitrogens is 2. The minimum Gasteiger partial charge on any atom is -0.477 e. The number of likely N-dealkylation sites (tertiary alicyclic amines) is 1. The second-order valence-corrected chi connectivity index (χ2v) is 13.3. The van der Waals surface area contributed by atoms with E-state index in [0.29, 0.717) is 41.1 Å². The third kappa shape index (κ3) is 9.34.